The molecule has 0 bridgehead atoms. The van der Waals surface area contributed by atoms with E-state index < -0.39 is 0 Å². The Morgan fingerprint density at radius 2 is 1.50 bits per heavy atom. The van der Waals surface area contributed by atoms with Gasteiger partial charge in [0.15, 0.2) is 0 Å². The third-order valence-corrected chi connectivity index (χ3v) is 1.42. The normalized spacial score (nSPS) is 12.4. The average Bonchev–Trinajstić information content (AvgIpc) is 1.96. The van der Waals surface area contributed by atoms with E-state index in [2.05, 4.69) is 9.97 Å². The molecule has 4 nitrogen and oxygen atoms in total. The molecule has 0 unspecified atom stereocenters. The molecule has 16 heavy (non-hydrogen) atoms. The Morgan fingerprint density at radius 1 is 0.938 bits per heavy atom. The number of ether oxygens (including phenoxy) is 2. The minimum atomic E-state index is -0.305. The highest BCUT2D eigenvalue weighted by Gasteiger charge is 2.16. The van der Waals surface area contributed by atoms with Crippen molar-refractivity contribution in [3.8, 4) is 11.9 Å². The molecule has 0 saturated carbocycles. The van der Waals surface area contributed by atoms with Gasteiger partial charge in [0, 0.05) is 12.3 Å². The predicted molar refractivity (Wildman–Crippen MR) is 62.8 cm³/mol. The summed E-state index contributed by atoms with van der Waals surface area (Å²) in [6.45, 7) is 11.8. The van der Waals surface area contributed by atoms with Crippen LogP contribution in [0.5, 0.6) is 11.9 Å². The summed E-state index contributed by atoms with van der Waals surface area (Å²) in [6, 6.07) is 2.06. The van der Waals surface area contributed by atoms with Crippen LogP contribution in [0.15, 0.2) is 12.3 Å². The van der Waals surface area contributed by atoms with E-state index >= 15 is 0 Å². The summed E-state index contributed by atoms with van der Waals surface area (Å²) in [5, 5.41) is 0. The average molecular weight is 227 g/mol. The van der Waals surface area contributed by atoms with Crippen molar-refractivity contribution in [1.82, 2.24) is 9.97 Å². The first-order valence-electron chi connectivity index (χ1n) is 5.37. The molecular weight excluding hydrogens is 207 g/mol. The van der Waals surface area contributed by atoms with Gasteiger partial charge in [-0.3, -0.25) is 0 Å². The molecule has 90 valence electrons. The lowest BCUT2D eigenvalue weighted by atomic mass is 10.2. The van der Waals surface area contributed by atoms with E-state index in [1.165, 1.54) is 0 Å². The Hall–Kier alpha value is -1.32. The van der Waals surface area contributed by atoms with Crippen LogP contribution in [-0.2, 0) is 0 Å². The Labute approximate surface area is 97.0 Å². The molecule has 0 amide bonds. The maximum atomic E-state index is 5.63. The second-order valence-corrected chi connectivity index (χ2v) is 5.61. The lowest BCUT2D eigenvalue weighted by Crippen LogP contribution is -2.26. The molecule has 0 N–H and O–H groups in total. The summed E-state index contributed by atoms with van der Waals surface area (Å²) in [5.41, 5.74) is -0.576. The second kappa shape index (κ2) is 4.28. The van der Waals surface area contributed by atoms with Crippen LogP contribution in [0.2, 0.25) is 0 Å². The predicted octanol–water partition coefficient (Wildman–Crippen LogP) is 2.83. The first-order chi connectivity index (χ1) is 7.16. The van der Waals surface area contributed by atoms with Gasteiger partial charge in [0.2, 0.25) is 5.88 Å². The number of nitrogens with zero attached hydrogens (tertiary/aromatic N) is 2. The van der Waals surface area contributed by atoms with Crippen molar-refractivity contribution in [2.24, 2.45) is 0 Å². The third kappa shape index (κ3) is 4.96. The SMILES string of the molecule is CC(C)(C)Oc1cc[15n][13c](OC(C)(C)C)[15n]1. The molecule has 0 radical (unpaired) electrons. The Balaban J connectivity index is 2.79. The standard InChI is InChI=1S/C12H20N2O2/c1-11(2,3)15-9-7-8-13-10(14-9)16-12(4,5)6/h7-8H,1-6H3/i10+1,13+1,14+1. The molecule has 1 heterocycles. The highest BCUT2D eigenvalue weighted by Crippen LogP contribution is 2.19. The molecule has 1 aromatic heterocycles. The van der Waals surface area contributed by atoms with E-state index in [-0.39, 0.29) is 11.2 Å². The molecule has 0 aliphatic heterocycles. The maximum Gasteiger partial charge on any atom is 0.320 e. The van der Waals surface area contributed by atoms with Crippen LogP contribution in [0.1, 0.15) is 41.5 Å². The number of hydrogen-bond acceptors (Lipinski definition) is 4. The van der Waals surface area contributed by atoms with Gasteiger partial charge in [0.05, 0.1) is 0 Å². The summed E-state index contributed by atoms with van der Waals surface area (Å²) in [5.74, 6) is 0.529. The molecule has 0 aliphatic carbocycles. The van der Waals surface area contributed by atoms with Crippen molar-refractivity contribution in [2.45, 2.75) is 52.7 Å². The molecule has 0 spiro atoms. The molecule has 0 fully saturated rings. The number of aromatic nitrogens is 2. The lowest BCUT2D eigenvalue weighted by Gasteiger charge is -2.22. The van der Waals surface area contributed by atoms with Gasteiger partial charge >= 0.3 is 6.01 Å². The van der Waals surface area contributed by atoms with E-state index in [1.54, 1.807) is 12.3 Å². The zero-order valence-corrected chi connectivity index (χ0v) is 10.9. The van der Waals surface area contributed by atoms with Crippen LogP contribution in [0.3, 0.4) is 0 Å². The van der Waals surface area contributed by atoms with E-state index in [9.17, 15) is 0 Å². The second-order valence-electron chi connectivity index (χ2n) is 5.61. The largest absolute Gasteiger partial charge is 0.472 e. The maximum absolute atomic E-state index is 5.63. The van der Waals surface area contributed by atoms with Gasteiger partial charge in [0.1, 0.15) is 11.2 Å². The fraction of sp³-hybridized carbons (Fsp3) is 0.667. The van der Waals surface area contributed by atoms with Crippen LogP contribution >= 0.6 is 0 Å². The zero-order chi connectivity index (χ0) is 12.4. The quantitative estimate of drug-likeness (QED) is 0.779. The molecule has 0 aliphatic rings. The smallest absolute Gasteiger partial charge is 0.320 e. The van der Waals surface area contributed by atoms with Gasteiger partial charge in [-0.15, -0.1) is 0 Å². The molecular formula is C12H20N2O2. The fourth-order valence-corrected chi connectivity index (χ4v) is 1.02. The minimum absolute atomic E-state index is 0.270. The van der Waals surface area contributed by atoms with Crippen LogP contribution in [0, 0.1) is 0 Å². The number of rotatable bonds is 2. The highest BCUT2D eigenvalue weighted by atomic mass is 16.6. The molecule has 1 aromatic rings. The fourth-order valence-electron chi connectivity index (χ4n) is 1.02. The molecule has 4 heteroatoms. The van der Waals surface area contributed by atoms with Crippen molar-refractivity contribution in [1.29, 1.82) is 0 Å². The van der Waals surface area contributed by atoms with Crippen molar-refractivity contribution in [3.63, 3.8) is 0 Å². The number of hydrogen-bond donors (Lipinski definition) is 0. The van der Waals surface area contributed by atoms with Crippen molar-refractivity contribution >= 4 is 0 Å². The topological polar surface area (TPSA) is 44.2 Å². The van der Waals surface area contributed by atoms with Crippen LogP contribution < -0.4 is 9.47 Å². The monoisotopic (exact) mass is 227 g/mol. The van der Waals surface area contributed by atoms with E-state index in [1.807, 2.05) is 41.5 Å². The first-order valence-corrected chi connectivity index (χ1v) is 5.37. The first kappa shape index (κ1) is 12.7. The van der Waals surface area contributed by atoms with Crippen molar-refractivity contribution < 1.29 is 9.47 Å². The summed E-state index contributed by atoms with van der Waals surface area (Å²) in [7, 11) is 0. The third-order valence-electron chi connectivity index (χ3n) is 1.42. The van der Waals surface area contributed by atoms with Gasteiger partial charge in [-0.2, -0.15) is 4.98 Å². The molecule has 1 rings (SSSR count). The summed E-state index contributed by atoms with van der Waals surface area (Å²) in [6.07, 6.45) is 1.63. The summed E-state index contributed by atoms with van der Waals surface area (Å²) >= 11 is 0. The molecule has 0 atom stereocenters. The van der Waals surface area contributed by atoms with Gasteiger partial charge in [0.25, 0.3) is 0 Å². The van der Waals surface area contributed by atoms with Crippen LogP contribution in [0.25, 0.3) is 0 Å². The van der Waals surface area contributed by atoms with Gasteiger partial charge < -0.3 is 9.47 Å². The summed E-state index contributed by atoms with van der Waals surface area (Å²) < 4.78 is 11.2. The Morgan fingerprint density at radius 3 is 2.00 bits per heavy atom. The van der Waals surface area contributed by atoms with E-state index in [4.69, 9.17) is 9.47 Å². The summed E-state index contributed by atoms with van der Waals surface area (Å²) in [4.78, 5) is 8.23. The van der Waals surface area contributed by atoms with E-state index in [0.717, 1.165) is 0 Å². The highest BCUT2D eigenvalue weighted by molar-refractivity contribution is 5.12. The Bertz CT molecular complexity index is 320. The van der Waals surface area contributed by atoms with Crippen LogP contribution in [-0.4, -0.2) is 21.2 Å². The minimum Gasteiger partial charge on any atom is -0.472 e. The Kier molecular flexibility index (Phi) is 3.41. The van der Waals surface area contributed by atoms with Gasteiger partial charge in [-0.25, -0.2) is 4.98 Å². The van der Waals surface area contributed by atoms with Crippen molar-refractivity contribution in [3.05, 3.63) is 12.3 Å². The van der Waals surface area contributed by atoms with E-state index in [0.29, 0.717) is 11.9 Å². The lowest BCUT2D eigenvalue weighted by molar-refractivity contribution is 0.103. The van der Waals surface area contributed by atoms with Gasteiger partial charge in [-0.1, -0.05) is 0 Å². The van der Waals surface area contributed by atoms with Gasteiger partial charge in [-0.05, 0) is 41.5 Å². The zero-order valence-electron chi connectivity index (χ0n) is 10.9. The molecule has 0 aromatic carbocycles. The van der Waals surface area contributed by atoms with Crippen LogP contribution in [0.4, 0.5) is 0 Å². The molecule has 0 saturated heterocycles. The van der Waals surface area contributed by atoms with Crippen molar-refractivity contribution in [2.75, 3.05) is 0 Å².